The first kappa shape index (κ1) is 12.9. The van der Waals surface area contributed by atoms with Gasteiger partial charge in [-0.25, -0.2) is 4.79 Å². The second-order valence-electron chi connectivity index (χ2n) is 4.09. The number of hydrogen-bond donors (Lipinski definition) is 2. The lowest BCUT2D eigenvalue weighted by atomic mass is 10.3. The molecule has 0 spiro atoms. The highest BCUT2D eigenvalue weighted by molar-refractivity contribution is 5.90. The lowest BCUT2D eigenvalue weighted by molar-refractivity contribution is 0.220. The molecule has 0 saturated carbocycles. The van der Waals surface area contributed by atoms with Crippen molar-refractivity contribution in [3.8, 4) is 5.75 Å². The fourth-order valence-electron chi connectivity index (χ4n) is 1.67. The first-order chi connectivity index (χ1) is 9.20. The number of hydrogen-bond acceptors (Lipinski definition) is 3. The maximum absolute atomic E-state index is 12.0. The standard InChI is InChI=1S/C13H16N4O2/c1-17(9-10-7-14-15-8-10)13(18)16-11-5-3-4-6-12(11)19-2/h3-8H,9H2,1-2H3,(H,14,15)(H,16,18). The van der Waals surface area contributed by atoms with Gasteiger partial charge in [0.05, 0.1) is 25.5 Å². The molecule has 2 aromatic rings. The highest BCUT2D eigenvalue weighted by atomic mass is 16.5. The van der Waals surface area contributed by atoms with Gasteiger partial charge in [-0.05, 0) is 12.1 Å². The van der Waals surface area contributed by atoms with Crippen molar-refractivity contribution in [1.82, 2.24) is 15.1 Å². The fraction of sp³-hybridized carbons (Fsp3) is 0.231. The normalized spacial score (nSPS) is 10.0. The summed E-state index contributed by atoms with van der Waals surface area (Å²) in [7, 11) is 3.29. The molecule has 2 N–H and O–H groups in total. The third-order valence-electron chi connectivity index (χ3n) is 2.67. The molecule has 1 aromatic carbocycles. The first-order valence-electron chi connectivity index (χ1n) is 5.83. The molecule has 0 saturated heterocycles. The number of amides is 2. The van der Waals surface area contributed by atoms with Crippen molar-refractivity contribution in [2.75, 3.05) is 19.5 Å². The second-order valence-corrected chi connectivity index (χ2v) is 4.09. The van der Waals surface area contributed by atoms with Gasteiger partial charge in [-0.1, -0.05) is 12.1 Å². The summed E-state index contributed by atoms with van der Waals surface area (Å²) in [5.41, 5.74) is 1.59. The van der Waals surface area contributed by atoms with Gasteiger partial charge >= 0.3 is 6.03 Å². The van der Waals surface area contributed by atoms with Crippen molar-refractivity contribution in [2.45, 2.75) is 6.54 Å². The third kappa shape index (κ3) is 3.25. The van der Waals surface area contributed by atoms with Crippen molar-refractivity contribution in [3.05, 3.63) is 42.2 Å². The number of urea groups is 1. The number of anilines is 1. The van der Waals surface area contributed by atoms with E-state index >= 15 is 0 Å². The Kier molecular flexibility index (Phi) is 4.02. The number of aromatic amines is 1. The highest BCUT2D eigenvalue weighted by Crippen LogP contribution is 2.23. The van der Waals surface area contributed by atoms with E-state index in [9.17, 15) is 4.79 Å². The van der Waals surface area contributed by atoms with Crippen molar-refractivity contribution >= 4 is 11.7 Å². The molecule has 6 nitrogen and oxygen atoms in total. The lowest BCUT2D eigenvalue weighted by Crippen LogP contribution is -2.30. The van der Waals surface area contributed by atoms with Crippen molar-refractivity contribution in [2.24, 2.45) is 0 Å². The van der Waals surface area contributed by atoms with E-state index in [1.807, 2.05) is 12.1 Å². The summed E-state index contributed by atoms with van der Waals surface area (Å²) >= 11 is 0. The van der Waals surface area contributed by atoms with Crippen LogP contribution in [0.5, 0.6) is 5.75 Å². The Morgan fingerprint density at radius 2 is 2.26 bits per heavy atom. The highest BCUT2D eigenvalue weighted by Gasteiger charge is 2.12. The largest absolute Gasteiger partial charge is 0.495 e. The summed E-state index contributed by atoms with van der Waals surface area (Å²) < 4.78 is 5.18. The zero-order valence-corrected chi connectivity index (χ0v) is 10.9. The third-order valence-corrected chi connectivity index (χ3v) is 2.67. The average molecular weight is 260 g/mol. The molecule has 2 rings (SSSR count). The number of para-hydroxylation sites is 2. The van der Waals surface area contributed by atoms with E-state index in [4.69, 9.17) is 4.74 Å². The minimum Gasteiger partial charge on any atom is -0.495 e. The van der Waals surface area contributed by atoms with E-state index in [-0.39, 0.29) is 6.03 Å². The van der Waals surface area contributed by atoms with Gasteiger partial charge in [-0.15, -0.1) is 0 Å². The first-order valence-corrected chi connectivity index (χ1v) is 5.83. The summed E-state index contributed by atoms with van der Waals surface area (Å²) in [4.78, 5) is 13.6. The Morgan fingerprint density at radius 3 is 2.95 bits per heavy atom. The summed E-state index contributed by atoms with van der Waals surface area (Å²) in [6, 6.07) is 7.08. The van der Waals surface area contributed by atoms with Gasteiger partial charge in [-0.3, -0.25) is 5.10 Å². The smallest absolute Gasteiger partial charge is 0.321 e. The minimum atomic E-state index is -0.203. The summed E-state index contributed by atoms with van der Waals surface area (Å²) in [6.45, 7) is 0.484. The van der Waals surface area contributed by atoms with Crippen LogP contribution in [0.4, 0.5) is 10.5 Å². The van der Waals surface area contributed by atoms with Crippen LogP contribution >= 0.6 is 0 Å². The van der Waals surface area contributed by atoms with Crippen molar-refractivity contribution < 1.29 is 9.53 Å². The van der Waals surface area contributed by atoms with Crippen molar-refractivity contribution in [1.29, 1.82) is 0 Å². The molecule has 0 aliphatic rings. The van der Waals surface area contributed by atoms with E-state index in [2.05, 4.69) is 15.5 Å². The van der Waals surface area contributed by atoms with Gasteiger partial charge in [0.15, 0.2) is 0 Å². The number of aromatic nitrogens is 2. The van der Waals surface area contributed by atoms with E-state index in [1.165, 1.54) is 0 Å². The van der Waals surface area contributed by atoms with Crippen LogP contribution in [0.3, 0.4) is 0 Å². The molecule has 0 bridgehead atoms. The molecule has 0 radical (unpaired) electrons. The quantitative estimate of drug-likeness (QED) is 0.884. The molecular formula is C13H16N4O2. The van der Waals surface area contributed by atoms with E-state index in [1.54, 1.807) is 43.6 Å². The molecular weight excluding hydrogens is 244 g/mol. The number of nitrogens with one attached hydrogen (secondary N) is 2. The lowest BCUT2D eigenvalue weighted by Gasteiger charge is -2.18. The van der Waals surface area contributed by atoms with E-state index < -0.39 is 0 Å². The zero-order valence-electron chi connectivity index (χ0n) is 10.9. The fourth-order valence-corrected chi connectivity index (χ4v) is 1.67. The molecule has 0 atom stereocenters. The maximum Gasteiger partial charge on any atom is 0.321 e. The maximum atomic E-state index is 12.0. The molecule has 1 aromatic heterocycles. The Balaban J connectivity index is 2.00. The van der Waals surface area contributed by atoms with Gasteiger partial charge in [0.2, 0.25) is 0 Å². The molecule has 0 fully saturated rings. The Morgan fingerprint density at radius 1 is 1.47 bits per heavy atom. The van der Waals surface area contributed by atoms with Gasteiger partial charge < -0.3 is 15.0 Å². The predicted molar refractivity (Wildman–Crippen MR) is 72.1 cm³/mol. The Hall–Kier alpha value is -2.50. The van der Waals surface area contributed by atoms with Crippen LogP contribution in [-0.2, 0) is 6.54 Å². The van der Waals surface area contributed by atoms with E-state index in [0.717, 1.165) is 5.56 Å². The van der Waals surface area contributed by atoms with Crippen LogP contribution in [0.25, 0.3) is 0 Å². The molecule has 0 unspecified atom stereocenters. The molecule has 100 valence electrons. The number of rotatable bonds is 4. The molecule has 19 heavy (non-hydrogen) atoms. The van der Waals surface area contributed by atoms with Crippen LogP contribution < -0.4 is 10.1 Å². The Bertz CT molecular complexity index is 539. The monoisotopic (exact) mass is 260 g/mol. The van der Waals surface area contributed by atoms with Gasteiger partial charge in [-0.2, -0.15) is 5.10 Å². The molecule has 0 aliphatic heterocycles. The molecule has 0 aliphatic carbocycles. The number of methoxy groups -OCH3 is 1. The SMILES string of the molecule is COc1ccccc1NC(=O)N(C)Cc1cn[nH]c1. The van der Waals surface area contributed by atoms with Crippen LogP contribution in [0.1, 0.15) is 5.56 Å². The van der Waals surface area contributed by atoms with Gasteiger partial charge in [0.25, 0.3) is 0 Å². The van der Waals surface area contributed by atoms with Crippen LogP contribution in [0.15, 0.2) is 36.7 Å². The predicted octanol–water partition coefficient (Wildman–Crippen LogP) is 2.08. The molecule has 1 heterocycles. The number of carbonyl (C=O) groups is 1. The average Bonchev–Trinajstić information content (AvgIpc) is 2.92. The van der Waals surface area contributed by atoms with Crippen molar-refractivity contribution in [3.63, 3.8) is 0 Å². The number of nitrogens with zero attached hydrogens (tertiary/aromatic N) is 2. The summed E-state index contributed by atoms with van der Waals surface area (Å²) in [5.74, 6) is 0.632. The molecule has 2 amide bonds. The minimum absolute atomic E-state index is 0.203. The van der Waals surface area contributed by atoms with Crippen LogP contribution in [0.2, 0.25) is 0 Å². The number of H-pyrrole nitrogens is 1. The zero-order chi connectivity index (χ0) is 13.7. The van der Waals surface area contributed by atoms with Gasteiger partial charge in [0.1, 0.15) is 5.75 Å². The van der Waals surface area contributed by atoms with Crippen LogP contribution in [0, 0.1) is 0 Å². The van der Waals surface area contributed by atoms with Crippen LogP contribution in [-0.4, -0.2) is 35.3 Å². The number of carbonyl (C=O) groups excluding carboxylic acids is 1. The topological polar surface area (TPSA) is 70.2 Å². The summed E-state index contributed by atoms with van der Waals surface area (Å²) in [6.07, 6.45) is 3.44. The molecule has 6 heteroatoms. The summed E-state index contributed by atoms with van der Waals surface area (Å²) in [5, 5.41) is 9.36. The number of benzene rings is 1. The Labute approximate surface area is 111 Å². The van der Waals surface area contributed by atoms with E-state index in [0.29, 0.717) is 18.0 Å². The van der Waals surface area contributed by atoms with Gasteiger partial charge in [0, 0.05) is 18.8 Å². The second kappa shape index (κ2) is 5.90. The number of ether oxygens (including phenoxy) is 1.